The van der Waals surface area contributed by atoms with Crippen LogP contribution in [0.5, 0.6) is 5.75 Å². The second kappa shape index (κ2) is 11.1. The summed E-state index contributed by atoms with van der Waals surface area (Å²) in [6.45, 7) is 3.20. The van der Waals surface area contributed by atoms with Gasteiger partial charge in [0, 0.05) is 38.5 Å². The van der Waals surface area contributed by atoms with Crippen LogP contribution in [0.4, 0.5) is 20.4 Å². The predicted molar refractivity (Wildman–Crippen MR) is 127 cm³/mol. The van der Waals surface area contributed by atoms with Crippen LogP contribution < -0.4 is 20.7 Å². The van der Waals surface area contributed by atoms with Gasteiger partial charge in [0.25, 0.3) is 0 Å². The largest absolute Gasteiger partial charge is 0.461 e. The number of hydrogen-bond donors (Lipinski definition) is 3. The summed E-state index contributed by atoms with van der Waals surface area (Å²) in [6.07, 6.45) is 1.83. The number of halogens is 2. The number of nitrogens with one attached hydrogen (secondary N) is 1. The molecule has 0 spiro atoms. The molecule has 4 N–H and O–H groups in total. The molecule has 190 valence electrons. The first-order valence-electron chi connectivity index (χ1n) is 11.9. The van der Waals surface area contributed by atoms with Crippen LogP contribution >= 0.6 is 0 Å². The van der Waals surface area contributed by atoms with Crippen LogP contribution in [0.2, 0.25) is 0 Å². The van der Waals surface area contributed by atoms with Gasteiger partial charge in [-0.1, -0.05) is 12.1 Å². The first-order chi connectivity index (χ1) is 16.8. The number of piperidine rings is 1. The minimum Gasteiger partial charge on any atom is -0.461 e. The number of carbonyl (C=O) groups is 1. The number of amides is 1. The number of carbonyl (C=O) groups excluding carboxylic acids is 1. The van der Waals surface area contributed by atoms with Gasteiger partial charge in [-0.15, -0.1) is 0 Å². The number of alkyl halides is 1. The van der Waals surface area contributed by atoms with E-state index in [1.54, 1.807) is 12.1 Å². The van der Waals surface area contributed by atoms with E-state index in [0.29, 0.717) is 38.3 Å². The van der Waals surface area contributed by atoms with Gasteiger partial charge in [-0.3, -0.25) is 9.69 Å². The number of rotatable bonds is 11. The van der Waals surface area contributed by atoms with Gasteiger partial charge in [0.05, 0.1) is 12.6 Å². The summed E-state index contributed by atoms with van der Waals surface area (Å²) >= 11 is 0. The number of hydrogen-bond acceptors (Lipinski definition) is 8. The summed E-state index contributed by atoms with van der Waals surface area (Å²) in [7, 11) is 0. The Labute approximate surface area is 203 Å². The molecule has 1 aromatic heterocycles. The average molecular weight is 491 g/mol. The Hall–Kier alpha value is -3.05. The zero-order valence-corrected chi connectivity index (χ0v) is 19.7. The summed E-state index contributed by atoms with van der Waals surface area (Å²) in [6, 6.07) is 7.24. The molecule has 2 fully saturated rings. The number of ether oxygens (including phenoxy) is 1. The van der Waals surface area contributed by atoms with E-state index >= 15 is 4.39 Å². The number of benzene rings is 1. The predicted octanol–water partition coefficient (Wildman–Crippen LogP) is 2.06. The summed E-state index contributed by atoms with van der Waals surface area (Å²) in [5.41, 5.74) is 6.16. The second-order valence-corrected chi connectivity index (χ2v) is 9.22. The Kier molecular flexibility index (Phi) is 7.97. The van der Waals surface area contributed by atoms with Gasteiger partial charge in [0.1, 0.15) is 12.1 Å². The molecule has 0 radical (unpaired) electrons. The van der Waals surface area contributed by atoms with Crippen LogP contribution in [-0.4, -0.2) is 70.6 Å². The van der Waals surface area contributed by atoms with Crippen molar-refractivity contribution in [3.05, 3.63) is 42.0 Å². The number of nitrogens with zero attached hydrogens (tertiary/aromatic N) is 4. The summed E-state index contributed by atoms with van der Waals surface area (Å²) in [5, 5.41) is 13.5. The number of β-amino-alcohol motifs (C(OH)–C–C–N with tert-alkyl or cyclic N) is 1. The maximum Gasteiger partial charge on any atom is 0.235 e. The van der Waals surface area contributed by atoms with Crippen LogP contribution in [0.1, 0.15) is 31.7 Å². The fourth-order valence-corrected chi connectivity index (χ4v) is 4.38. The van der Waals surface area contributed by atoms with E-state index in [1.807, 2.05) is 21.9 Å². The molecule has 4 rings (SSSR count). The molecule has 1 saturated carbocycles. The number of aliphatic hydroxyl groups excluding tert-OH is 1. The molecular weight excluding hydrogens is 458 g/mol. The third-order valence-electron chi connectivity index (χ3n) is 6.32. The molecule has 35 heavy (non-hydrogen) atoms. The standard InChI is InChI=1S/C24H32F2N6O3/c1-15(25)35-19-6-2-16(3-7-19)11-32(18-4-5-18)24-22(26)23(29-14-30-24)28-10-17-8-9-31(12-20(17)33)13-21(27)34/h2-3,6-7,14-15,17-18,20,33H,4-5,8-13H2,1H3,(H2,27,34)(H,28,29,30)/t15?,17-,20+/m1/s1. The molecule has 1 aromatic carbocycles. The van der Waals surface area contributed by atoms with Crippen molar-refractivity contribution < 1.29 is 23.4 Å². The molecule has 1 amide bonds. The molecule has 11 heteroatoms. The van der Waals surface area contributed by atoms with Crippen molar-refractivity contribution in [2.45, 2.75) is 51.2 Å². The third kappa shape index (κ3) is 6.76. The lowest BCUT2D eigenvalue weighted by Crippen LogP contribution is -2.48. The van der Waals surface area contributed by atoms with E-state index in [1.165, 1.54) is 13.3 Å². The number of primary amides is 1. The van der Waals surface area contributed by atoms with Gasteiger partial charge in [-0.2, -0.15) is 4.39 Å². The Morgan fingerprint density at radius 1 is 1.31 bits per heavy atom. The molecular formula is C24H32F2N6O3. The topological polar surface area (TPSA) is 117 Å². The fourth-order valence-electron chi connectivity index (χ4n) is 4.38. The molecule has 3 atom stereocenters. The van der Waals surface area contributed by atoms with E-state index in [-0.39, 0.29) is 30.1 Å². The van der Waals surface area contributed by atoms with E-state index in [0.717, 1.165) is 18.4 Å². The van der Waals surface area contributed by atoms with Crippen LogP contribution in [0.3, 0.4) is 0 Å². The Morgan fingerprint density at radius 3 is 2.69 bits per heavy atom. The number of aromatic nitrogens is 2. The number of nitrogens with two attached hydrogens (primary N) is 1. The zero-order valence-electron chi connectivity index (χ0n) is 19.7. The minimum absolute atomic E-state index is 0.0908. The van der Waals surface area contributed by atoms with Crippen molar-refractivity contribution in [3.8, 4) is 5.75 Å². The van der Waals surface area contributed by atoms with Gasteiger partial charge < -0.3 is 25.8 Å². The maximum absolute atomic E-state index is 15.5. The summed E-state index contributed by atoms with van der Waals surface area (Å²) in [5.74, 6) is -0.324. The van der Waals surface area contributed by atoms with Gasteiger partial charge in [-0.05, 0) is 43.5 Å². The van der Waals surface area contributed by atoms with Crippen molar-refractivity contribution in [1.29, 1.82) is 0 Å². The Morgan fingerprint density at radius 2 is 2.06 bits per heavy atom. The number of likely N-dealkylation sites (tertiary alicyclic amines) is 1. The van der Waals surface area contributed by atoms with Crippen molar-refractivity contribution in [2.75, 3.05) is 36.4 Å². The summed E-state index contributed by atoms with van der Waals surface area (Å²) < 4.78 is 33.6. The lowest BCUT2D eigenvalue weighted by Gasteiger charge is -2.35. The highest BCUT2D eigenvalue weighted by Crippen LogP contribution is 2.35. The van der Waals surface area contributed by atoms with Crippen LogP contribution in [0, 0.1) is 11.7 Å². The zero-order chi connectivity index (χ0) is 24.9. The van der Waals surface area contributed by atoms with Crippen LogP contribution in [0.15, 0.2) is 30.6 Å². The quantitative estimate of drug-likeness (QED) is 0.438. The van der Waals surface area contributed by atoms with Gasteiger partial charge >= 0.3 is 0 Å². The third-order valence-corrected chi connectivity index (χ3v) is 6.32. The highest BCUT2D eigenvalue weighted by molar-refractivity contribution is 5.75. The van der Waals surface area contributed by atoms with E-state index < -0.39 is 24.2 Å². The van der Waals surface area contributed by atoms with E-state index in [2.05, 4.69) is 15.3 Å². The van der Waals surface area contributed by atoms with Gasteiger partial charge in [0.15, 0.2) is 11.6 Å². The lowest BCUT2D eigenvalue weighted by atomic mass is 9.93. The first-order valence-corrected chi connectivity index (χ1v) is 11.9. The molecule has 9 nitrogen and oxygen atoms in total. The molecule has 1 aliphatic heterocycles. The van der Waals surface area contributed by atoms with Crippen LogP contribution in [-0.2, 0) is 11.3 Å². The highest BCUT2D eigenvalue weighted by atomic mass is 19.1. The van der Waals surface area contributed by atoms with E-state index in [4.69, 9.17) is 10.5 Å². The van der Waals surface area contributed by atoms with E-state index in [9.17, 15) is 14.3 Å². The first kappa shape index (κ1) is 25.1. The molecule has 2 heterocycles. The normalized spacial score (nSPS) is 21.4. The lowest BCUT2D eigenvalue weighted by molar-refractivity contribution is -0.120. The highest BCUT2D eigenvalue weighted by Gasteiger charge is 2.33. The van der Waals surface area contributed by atoms with Gasteiger partial charge in [0.2, 0.25) is 18.1 Å². The second-order valence-electron chi connectivity index (χ2n) is 9.22. The van der Waals surface area contributed by atoms with Crippen molar-refractivity contribution in [3.63, 3.8) is 0 Å². The Bertz CT molecular complexity index is 1010. The number of aliphatic hydroxyl groups is 1. The van der Waals surface area contributed by atoms with Gasteiger partial charge in [-0.25, -0.2) is 14.4 Å². The molecule has 2 aromatic rings. The Balaban J connectivity index is 1.40. The molecule has 2 aliphatic rings. The number of anilines is 2. The van der Waals surface area contributed by atoms with Crippen molar-refractivity contribution in [1.82, 2.24) is 14.9 Å². The fraction of sp³-hybridized carbons (Fsp3) is 0.542. The van der Waals surface area contributed by atoms with Crippen LogP contribution in [0.25, 0.3) is 0 Å². The molecule has 1 unspecified atom stereocenters. The minimum atomic E-state index is -1.39. The SMILES string of the molecule is CC(F)Oc1ccc(CN(c2ncnc(NC[C@H]3CCN(CC(N)=O)C[C@@H]3O)c2F)C2CC2)cc1. The monoisotopic (exact) mass is 490 g/mol. The molecule has 1 aliphatic carbocycles. The average Bonchev–Trinajstić information content (AvgIpc) is 3.64. The van der Waals surface area contributed by atoms with Crippen molar-refractivity contribution in [2.24, 2.45) is 11.7 Å². The maximum atomic E-state index is 15.5. The van der Waals surface area contributed by atoms with Crippen molar-refractivity contribution >= 4 is 17.5 Å². The molecule has 1 saturated heterocycles. The smallest absolute Gasteiger partial charge is 0.235 e. The summed E-state index contributed by atoms with van der Waals surface area (Å²) in [4.78, 5) is 23.2. The molecule has 0 bridgehead atoms.